The maximum Gasteiger partial charge on any atom is 0.422 e. The van der Waals surface area contributed by atoms with Gasteiger partial charge in [0.05, 0.1) is 5.56 Å². The van der Waals surface area contributed by atoms with Crippen molar-refractivity contribution in [2.75, 3.05) is 5.32 Å². The Morgan fingerprint density at radius 3 is 2.42 bits per heavy atom. The largest absolute Gasteiger partial charge is 0.422 e. The summed E-state index contributed by atoms with van der Waals surface area (Å²) in [6.07, 6.45) is -4.85. The van der Waals surface area contributed by atoms with Gasteiger partial charge in [0.15, 0.2) is 5.50 Å². The minimum Gasteiger partial charge on any atom is -0.346 e. The number of nitrogens with one attached hydrogen (secondary N) is 1. The average molecular weight is 433 g/mol. The van der Waals surface area contributed by atoms with Gasteiger partial charge in [-0.25, -0.2) is 8.78 Å². The third-order valence-corrected chi connectivity index (χ3v) is 3.96. The van der Waals surface area contributed by atoms with E-state index in [1.807, 2.05) is 5.32 Å². The van der Waals surface area contributed by atoms with Crippen molar-refractivity contribution in [3.8, 4) is 11.1 Å². The van der Waals surface area contributed by atoms with Crippen molar-refractivity contribution >= 4 is 46.4 Å². The van der Waals surface area contributed by atoms with Crippen LogP contribution in [0.2, 0.25) is 10.4 Å². The summed E-state index contributed by atoms with van der Waals surface area (Å²) in [5.41, 5.74) is -3.23. The van der Waals surface area contributed by atoms with Crippen LogP contribution < -0.4 is 5.32 Å². The first-order valence-electron chi connectivity index (χ1n) is 6.62. The van der Waals surface area contributed by atoms with Crippen LogP contribution in [0.5, 0.6) is 0 Å². The van der Waals surface area contributed by atoms with Crippen molar-refractivity contribution in [2.24, 2.45) is 0 Å². The predicted octanol–water partition coefficient (Wildman–Crippen LogP) is 4.92. The summed E-state index contributed by atoms with van der Waals surface area (Å²) in [5, 5.41) is 4.88. The summed E-state index contributed by atoms with van der Waals surface area (Å²) in [4.78, 5) is 7.49. The van der Waals surface area contributed by atoms with Gasteiger partial charge >= 0.3 is 6.18 Å². The summed E-state index contributed by atoms with van der Waals surface area (Å²) in [7, 11) is 0. The van der Waals surface area contributed by atoms with Crippen molar-refractivity contribution in [3.63, 3.8) is 0 Å². The van der Waals surface area contributed by atoms with Gasteiger partial charge < -0.3 is 5.32 Å². The van der Waals surface area contributed by atoms with Crippen LogP contribution in [-0.4, -0.2) is 31.3 Å². The highest BCUT2D eigenvalue weighted by atomic mass is 35.5. The highest BCUT2D eigenvalue weighted by Crippen LogP contribution is 2.38. The standard InChI is InChI=1S/C13H5Cl3F5N5/c14-8-7(5-2-1-4(17)3-6(5)18)9(23-10(15)13(19,20)21)26-12(22-8)24-11(16)25-26/h1-3,10,23H/t10-/m1/s1. The third-order valence-electron chi connectivity index (χ3n) is 3.17. The first kappa shape index (κ1) is 18.9. The molecule has 0 bridgehead atoms. The molecule has 5 nitrogen and oxygen atoms in total. The van der Waals surface area contributed by atoms with Crippen molar-refractivity contribution in [1.82, 2.24) is 19.6 Å². The molecule has 1 aromatic carbocycles. The van der Waals surface area contributed by atoms with Crippen LogP contribution in [0, 0.1) is 11.6 Å². The fourth-order valence-electron chi connectivity index (χ4n) is 2.12. The molecule has 2 aromatic heterocycles. The van der Waals surface area contributed by atoms with E-state index in [0.29, 0.717) is 6.07 Å². The van der Waals surface area contributed by atoms with Crippen LogP contribution in [0.25, 0.3) is 16.9 Å². The van der Waals surface area contributed by atoms with Gasteiger partial charge in [-0.1, -0.05) is 23.2 Å². The van der Waals surface area contributed by atoms with Gasteiger partial charge in [-0.2, -0.15) is 27.7 Å². The molecule has 1 N–H and O–H groups in total. The number of fused-ring (bicyclic) bond motifs is 1. The van der Waals surface area contributed by atoms with Gasteiger partial charge in [-0.15, -0.1) is 5.10 Å². The van der Waals surface area contributed by atoms with Crippen LogP contribution in [-0.2, 0) is 0 Å². The Morgan fingerprint density at radius 2 is 1.81 bits per heavy atom. The smallest absolute Gasteiger partial charge is 0.346 e. The highest BCUT2D eigenvalue weighted by Gasteiger charge is 2.39. The number of hydrogen-bond acceptors (Lipinski definition) is 4. The zero-order valence-corrected chi connectivity index (χ0v) is 14.4. The average Bonchev–Trinajstić information content (AvgIpc) is 2.87. The lowest BCUT2D eigenvalue weighted by molar-refractivity contribution is -0.125. The van der Waals surface area contributed by atoms with Crippen LogP contribution >= 0.6 is 34.8 Å². The molecular formula is C13H5Cl3F5N5. The van der Waals surface area contributed by atoms with Crippen LogP contribution in [0.15, 0.2) is 18.2 Å². The van der Waals surface area contributed by atoms with Crippen LogP contribution in [0.1, 0.15) is 0 Å². The minimum absolute atomic E-state index is 0.250. The molecule has 138 valence electrons. The fraction of sp³-hybridized carbons (Fsp3) is 0.154. The molecule has 2 heterocycles. The van der Waals surface area contributed by atoms with Crippen molar-refractivity contribution < 1.29 is 22.0 Å². The Kier molecular flexibility index (Phi) is 4.84. The molecule has 0 fully saturated rings. The molecule has 0 unspecified atom stereocenters. The summed E-state index contributed by atoms with van der Waals surface area (Å²) >= 11 is 17.0. The molecule has 0 amide bonds. The minimum atomic E-state index is -4.85. The van der Waals surface area contributed by atoms with Gasteiger partial charge in [0.25, 0.3) is 5.78 Å². The Morgan fingerprint density at radius 1 is 1.12 bits per heavy atom. The molecule has 26 heavy (non-hydrogen) atoms. The van der Waals surface area contributed by atoms with Crippen LogP contribution in [0.4, 0.5) is 27.8 Å². The number of hydrogen-bond donors (Lipinski definition) is 1. The zero-order valence-electron chi connectivity index (χ0n) is 12.1. The maximum absolute atomic E-state index is 14.2. The van der Waals surface area contributed by atoms with Crippen molar-refractivity contribution in [1.29, 1.82) is 0 Å². The number of aromatic nitrogens is 4. The Hall–Kier alpha value is -1.91. The fourth-order valence-corrected chi connectivity index (χ4v) is 2.64. The van der Waals surface area contributed by atoms with Gasteiger partial charge in [0.1, 0.15) is 22.6 Å². The second-order valence-electron chi connectivity index (χ2n) is 4.89. The second-order valence-corrected chi connectivity index (χ2v) is 6.02. The number of nitrogens with zero attached hydrogens (tertiary/aromatic N) is 4. The molecule has 13 heteroatoms. The normalized spacial score (nSPS) is 13.2. The van der Waals surface area contributed by atoms with E-state index in [-0.39, 0.29) is 22.2 Å². The van der Waals surface area contributed by atoms with E-state index in [1.165, 1.54) is 0 Å². The number of anilines is 1. The monoisotopic (exact) mass is 431 g/mol. The lowest BCUT2D eigenvalue weighted by atomic mass is 10.1. The van der Waals surface area contributed by atoms with Gasteiger partial charge in [0, 0.05) is 11.6 Å². The predicted molar refractivity (Wildman–Crippen MR) is 85.5 cm³/mol. The third kappa shape index (κ3) is 3.49. The summed E-state index contributed by atoms with van der Waals surface area (Å²) in [5.74, 6) is -2.69. The summed E-state index contributed by atoms with van der Waals surface area (Å²) in [6, 6.07) is 2.43. The van der Waals surface area contributed by atoms with E-state index in [4.69, 9.17) is 34.8 Å². The number of halogens is 8. The zero-order chi connectivity index (χ0) is 19.2. The highest BCUT2D eigenvalue weighted by molar-refractivity contribution is 6.33. The molecule has 0 spiro atoms. The van der Waals surface area contributed by atoms with E-state index in [1.54, 1.807) is 0 Å². The summed E-state index contributed by atoms with van der Waals surface area (Å²) < 4.78 is 66.8. The van der Waals surface area contributed by atoms with E-state index in [2.05, 4.69) is 15.1 Å². The lowest BCUT2D eigenvalue weighted by Gasteiger charge is -2.20. The molecule has 0 saturated carbocycles. The van der Waals surface area contributed by atoms with E-state index >= 15 is 0 Å². The van der Waals surface area contributed by atoms with Gasteiger partial charge in [0.2, 0.25) is 5.28 Å². The van der Waals surface area contributed by atoms with Crippen molar-refractivity contribution in [2.45, 2.75) is 11.7 Å². The molecule has 1 atom stereocenters. The van der Waals surface area contributed by atoms with Crippen LogP contribution in [0.3, 0.4) is 0 Å². The van der Waals surface area contributed by atoms with Gasteiger partial charge in [-0.05, 0) is 23.7 Å². The second kappa shape index (κ2) is 6.67. The molecule has 0 radical (unpaired) electrons. The molecule has 0 aliphatic carbocycles. The van der Waals surface area contributed by atoms with E-state index in [9.17, 15) is 22.0 Å². The molecule has 0 saturated heterocycles. The first-order chi connectivity index (χ1) is 12.1. The van der Waals surface area contributed by atoms with E-state index < -0.39 is 34.3 Å². The SMILES string of the molecule is Fc1ccc(-c2c(Cl)nc3nc(Cl)nn3c2N[C@@H](Cl)C(F)(F)F)c(F)c1. The Bertz CT molecular complexity index is 990. The maximum atomic E-state index is 14.2. The number of alkyl halides is 4. The molecular weight excluding hydrogens is 428 g/mol. The molecule has 3 rings (SSSR count). The number of rotatable bonds is 3. The summed E-state index contributed by atoms with van der Waals surface area (Å²) in [6.45, 7) is 0. The van der Waals surface area contributed by atoms with E-state index in [0.717, 1.165) is 16.6 Å². The lowest BCUT2D eigenvalue weighted by Crippen LogP contribution is -2.32. The number of benzene rings is 1. The quantitative estimate of drug-likeness (QED) is 0.276. The first-order valence-corrected chi connectivity index (χ1v) is 7.81. The molecule has 3 aromatic rings. The Balaban J connectivity index is 2.30. The van der Waals surface area contributed by atoms with Gasteiger partial charge in [-0.3, -0.25) is 0 Å². The van der Waals surface area contributed by atoms with Crippen molar-refractivity contribution in [3.05, 3.63) is 40.3 Å². The Labute approximate surface area is 156 Å². The molecule has 0 aliphatic rings. The topological polar surface area (TPSA) is 55.1 Å². The molecule has 0 aliphatic heterocycles.